The Morgan fingerprint density at radius 2 is 1.07 bits per heavy atom. The van der Waals surface area contributed by atoms with Crippen molar-refractivity contribution in [3.63, 3.8) is 0 Å². The number of nitrogens with zero attached hydrogens (tertiary/aromatic N) is 1. The summed E-state index contributed by atoms with van der Waals surface area (Å²) < 4.78 is 0. The first-order valence-corrected chi connectivity index (χ1v) is 9.16. The second-order valence-corrected chi connectivity index (χ2v) is 6.39. The van der Waals surface area contributed by atoms with Crippen LogP contribution >= 0.6 is 0 Å². The van der Waals surface area contributed by atoms with E-state index in [1.165, 1.54) is 11.1 Å². The predicted molar refractivity (Wildman–Crippen MR) is 114 cm³/mol. The van der Waals surface area contributed by atoms with E-state index in [2.05, 4.69) is 95.9 Å². The van der Waals surface area contributed by atoms with E-state index >= 15 is 0 Å². The van der Waals surface area contributed by atoms with Gasteiger partial charge in [-0.1, -0.05) is 78.9 Å². The van der Waals surface area contributed by atoms with Crippen LogP contribution in [0.5, 0.6) is 0 Å². The molecule has 27 heavy (non-hydrogen) atoms. The highest BCUT2D eigenvalue weighted by molar-refractivity contribution is 5.89. The van der Waals surface area contributed by atoms with Crippen molar-refractivity contribution in [3.05, 3.63) is 115 Å². The second kappa shape index (κ2) is 7.90. The molecule has 0 aliphatic heterocycles. The van der Waals surface area contributed by atoms with E-state index < -0.39 is 0 Å². The molecule has 4 aromatic carbocycles. The van der Waals surface area contributed by atoms with Gasteiger partial charge in [-0.25, -0.2) is 0 Å². The van der Waals surface area contributed by atoms with Gasteiger partial charge in [-0.2, -0.15) is 0 Å². The number of anilines is 3. The fourth-order valence-corrected chi connectivity index (χ4v) is 3.46. The molecule has 0 heterocycles. The number of nitrogens with two attached hydrogens (primary N) is 1. The Morgan fingerprint density at radius 3 is 1.59 bits per heavy atom. The Bertz CT molecular complexity index is 957. The monoisotopic (exact) mass is 350 g/mol. The van der Waals surface area contributed by atoms with Crippen molar-refractivity contribution in [1.82, 2.24) is 0 Å². The first kappa shape index (κ1) is 17.1. The van der Waals surface area contributed by atoms with E-state index in [1.807, 2.05) is 18.2 Å². The molecule has 132 valence electrons. The lowest BCUT2D eigenvalue weighted by Gasteiger charge is -2.29. The van der Waals surface area contributed by atoms with Crippen LogP contribution in [0.2, 0.25) is 0 Å². The lowest BCUT2D eigenvalue weighted by Crippen LogP contribution is -2.12. The summed E-state index contributed by atoms with van der Waals surface area (Å²) >= 11 is 0. The third kappa shape index (κ3) is 3.48. The van der Waals surface area contributed by atoms with E-state index in [1.54, 1.807) is 0 Å². The van der Waals surface area contributed by atoms with E-state index in [-0.39, 0.29) is 0 Å². The fourth-order valence-electron chi connectivity index (χ4n) is 3.46. The third-order valence-electron chi connectivity index (χ3n) is 4.68. The molecule has 0 saturated carbocycles. The van der Waals surface area contributed by atoms with Gasteiger partial charge in [-0.05, 0) is 41.5 Å². The Morgan fingerprint density at radius 1 is 0.556 bits per heavy atom. The summed E-state index contributed by atoms with van der Waals surface area (Å²) in [6.45, 7) is 0.496. The summed E-state index contributed by atoms with van der Waals surface area (Å²) in [5.74, 6) is 0. The van der Waals surface area contributed by atoms with Crippen molar-refractivity contribution in [2.45, 2.75) is 6.54 Å². The zero-order chi connectivity index (χ0) is 18.5. The van der Waals surface area contributed by atoms with Gasteiger partial charge >= 0.3 is 0 Å². The van der Waals surface area contributed by atoms with Gasteiger partial charge in [0.25, 0.3) is 0 Å². The minimum Gasteiger partial charge on any atom is -0.326 e. The zero-order valence-electron chi connectivity index (χ0n) is 15.1. The number of rotatable bonds is 5. The summed E-state index contributed by atoms with van der Waals surface area (Å²) in [5, 5.41) is 0. The molecule has 0 aliphatic rings. The van der Waals surface area contributed by atoms with Gasteiger partial charge in [0.1, 0.15) is 0 Å². The molecule has 4 rings (SSSR count). The summed E-state index contributed by atoms with van der Waals surface area (Å²) in [6, 6.07) is 37.7. The quantitative estimate of drug-likeness (QED) is 0.459. The van der Waals surface area contributed by atoms with Crippen LogP contribution < -0.4 is 10.6 Å². The molecule has 4 aromatic rings. The Hall–Kier alpha value is -3.36. The van der Waals surface area contributed by atoms with Gasteiger partial charge in [-0.3, -0.25) is 0 Å². The van der Waals surface area contributed by atoms with Crippen LogP contribution in [-0.2, 0) is 6.54 Å². The number of para-hydroxylation sites is 2. The summed E-state index contributed by atoms with van der Waals surface area (Å²) in [5.41, 5.74) is 13.0. The Kier molecular flexibility index (Phi) is 4.99. The van der Waals surface area contributed by atoms with Crippen LogP contribution in [-0.4, -0.2) is 0 Å². The van der Waals surface area contributed by atoms with Gasteiger partial charge in [0, 0.05) is 23.5 Å². The van der Waals surface area contributed by atoms with E-state index in [9.17, 15) is 0 Å². The largest absolute Gasteiger partial charge is 0.326 e. The van der Waals surface area contributed by atoms with Gasteiger partial charge in [0.15, 0.2) is 0 Å². The van der Waals surface area contributed by atoms with E-state index in [0.29, 0.717) is 6.54 Å². The smallest absolute Gasteiger partial charge is 0.0543 e. The topological polar surface area (TPSA) is 29.3 Å². The Labute approximate surface area is 160 Å². The number of benzene rings is 4. The Balaban J connectivity index is 1.99. The fraction of sp³-hybridized carbons (Fsp3) is 0.0400. The molecular weight excluding hydrogens is 328 g/mol. The minimum absolute atomic E-state index is 0.496. The van der Waals surface area contributed by atoms with Crippen LogP contribution in [0.25, 0.3) is 11.1 Å². The first-order valence-electron chi connectivity index (χ1n) is 9.16. The highest BCUT2D eigenvalue weighted by Crippen LogP contribution is 2.41. The molecule has 2 nitrogen and oxygen atoms in total. The molecule has 2 N–H and O–H groups in total. The van der Waals surface area contributed by atoms with Crippen molar-refractivity contribution >= 4 is 17.1 Å². The average Bonchev–Trinajstić information content (AvgIpc) is 2.76. The highest BCUT2D eigenvalue weighted by atomic mass is 15.1. The SMILES string of the molecule is NCc1cccc(N(c2ccccc2)c2ccccc2)c1-c1ccccc1. The van der Waals surface area contributed by atoms with Crippen molar-refractivity contribution in [2.75, 3.05) is 4.90 Å². The second-order valence-electron chi connectivity index (χ2n) is 6.39. The maximum Gasteiger partial charge on any atom is 0.0543 e. The maximum absolute atomic E-state index is 6.12. The van der Waals surface area contributed by atoms with Crippen LogP contribution in [0, 0.1) is 0 Å². The summed E-state index contributed by atoms with van der Waals surface area (Å²) in [7, 11) is 0. The number of hydrogen-bond donors (Lipinski definition) is 1. The van der Waals surface area contributed by atoms with Crippen molar-refractivity contribution in [2.24, 2.45) is 5.73 Å². The first-order chi connectivity index (χ1) is 13.4. The van der Waals surface area contributed by atoms with Crippen LogP contribution in [0.1, 0.15) is 5.56 Å². The molecule has 0 atom stereocenters. The van der Waals surface area contributed by atoms with Crippen LogP contribution in [0.15, 0.2) is 109 Å². The van der Waals surface area contributed by atoms with Gasteiger partial charge in [-0.15, -0.1) is 0 Å². The van der Waals surface area contributed by atoms with Crippen molar-refractivity contribution in [3.8, 4) is 11.1 Å². The van der Waals surface area contributed by atoms with Crippen LogP contribution in [0.4, 0.5) is 17.1 Å². The molecule has 0 fully saturated rings. The van der Waals surface area contributed by atoms with Crippen molar-refractivity contribution in [1.29, 1.82) is 0 Å². The lowest BCUT2D eigenvalue weighted by molar-refractivity contribution is 1.07. The van der Waals surface area contributed by atoms with Gasteiger partial charge in [0.2, 0.25) is 0 Å². The standard InChI is InChI=1S/C25H22N2/c26-19-21-13-10-18-24(25(21)20-11-4-1-5-12-20)27(22-14-6-2-7-15-22)23-16-8-3-9-17-23/h1-18H,19,26H2. The van der Waals surface area contributed by atoms with Gasteiger partial charge in [0.05, 0.1) is 5.69 Å². The highest BCUT2D eigenvalue weighted by Gasteiger charge is 2.18. The average molecular weight is 350 g/mol. The molecule has 0 aliphatic carbocycles. The molecule has 0 radical (unpaired) electrons. The summed E-state index contributed by atoms with van der Waals surface area (Å²) in [4.78, 5) is 2.29. The van der Waals surface area contributed by atoms with Crippen molar-refractivity contribution < 1.29 is 0 Å². The summed E-state index contributed by atoms with van der Waals surface area (Å²) in [6.07, 6.45) is 0. The predicted octanol–water partition coefficient (Wildman–Crippen LogP) is 6.28. The van der Waals surface area contributed by atoms with E-state index in [0.717, 1.165) is 22.6 Å². The molecule has 0 unspecified atom stereocenters. The van der Waals surface area contributed by atoms with Crippen LogP contribution in [0.3, 0.4) is 0 Å². The third-order valence-corrected chi connectivity index (χ3v) is 4.68. The lowest BCUT2D eigenvalue weighted by atomic mass is 9.96. The normalized spacial score (nSPS) is 10.6. The molecule has 0 saturated heterocycles. The molecule has 0 spiro atoms. The molecule has 0 bridgehead atoms. The van der Waals surface area contributed by atoms with E-state index in [4.69, 9.17) is 5.73 Å². The maximum atomic E-state index is 6.12. The zero-order valence-corrected chi connectivity index (χ0v) is 15.1. The molecule has 2 heteroatoms. The molecular formula is C25H22N2. The molecule has 0 aromatic heterocycles. The van der Waals surface area contributed by atoms with Gasteiger partial charge < -0.3 is 10.6 Å². The minimum atomic E-state index is 0.496. The molecule has 0 amide bonds. The number of hydrogen-bond acceptors (Lipinski definition) is 2.